The second-order valence-electron chi connectivity index (χ2n) is 5.39. The van der Waals surface area contributed by atoms with Crippen LogP contribution in [0.1, 0.15) is 32.3 Å². The van der Waals surface area contributed by atoms with Gasteiger partial charge in [-0.25, -0.2) is 0 Å². The van der Waals surface area contributed by atoms with Crippen LogP contribution < -0.4 is 4.90 Å². The molecule has 2 rings (SSSR count). The molecule has 1 aliphatic rings. The first-order valence-electron chi connectivity index (χ1n) is 7.81. The molecule has 1 amide bonds. The Morgan fingerprint density at radius 2 is 2.09 bits per heavy atom. The van der Waals surface area contributed by atoms with Crippen molar-refractivity contribution in [1.29, 1.82) is 0 Å². The SMILES string of the molecule is CCc1cccc(N(CC)C(=O)C2=CCCC2C(=O)OC)c1. The topological polar surface area (TPSA) is 46.6 Å². The highest BCUT2D eigenvalue weighted by atomic mass is 16.5. The largest absolute Gasteiger partial charge is 0.469 e. The van der Waals surface area contributed by atoms with E-state index >= 15 is 0 Å². The Labute approximate surface area is 131 Å². The van der Waals surface area contributed by atoms with Gasteiger partial charge in [-0.15, -0.1) is 0 Å². The number of carbonyl (C=O) groups is 2. The predicted molar refractivity (Wildman–Crippen MR) is 86.7 cm³/mol. The Morgan fingerprint density at radius 3 is 2.73 bits per heavy atom. The molecule has 0 saturated heterocycles. The molecular weight excluding hydrogens is 278 g/mol. The maximum atomic E-state index is 12.9. The van der Waals surface area contributed by atoms with E-state index in [0.717, 1.165) is 18.5 Å². The van der Waals surface area contributed by atoms with E-state index in [1.54, 1.807) is 4.90 Å². The molecule has 0 N–H and O–H groups in total. The number of benzene rings is 1. The Morgan fingerprint density at radius 1 is 1.32 bits per heavy atom. The standard InChI is InChI=1S/C18H23NO3/c1-4-13-8-6-9-14(12-13)19(5-2)17(20)15-10-7-11-16(15)18(21)22-3/h6,8-10,12,16H,4-5,7,11H2,1-3H3. The highest BCUT2D eigenvalue weighted by Gasteiger charge is 2.33. The predicted octanol–water partition coefficient (Wildman–Crippen LogP) is 3.11. The number of aryl methyl sites for hydroxylation is 1. The fourth-order valence-electron chi connectivity index (χ4n) is 2.87. The van der Waals surface area contributed by atoms with Crippen molar-refractivity contribution in [2.24, 2.45) is 5.92 Å². The minimum absolute atomic E-state index is 0.0938. The smallest absolute Gasteiger partial charge is 0.313 e. The van der Waals surface area contributed by atoms with Crippen LogP contribution >= 0.6 is 0 Å². The third kappa shape index (κ3) is 3.21. The molecule has 4 heteroatoms. The summed E-state index contributed by atoms with van der Waals surface area (Å²) in [5.41, 5.74) is 2.63. The molecule has 0 radical (unpaired) electrons. The minimum atomic E-state index is -0.430. The molecule has 0 bridgehead atoms. The van der Waals surface area contributed by atoms with E-state index in [1.807, 2.05) is 37.3 Å². The lowest BCUT2D eigenvalue weighted by Gasteiger charge is -2.24. The number of amides is 1. The van der Waals surface area contributed by atoms with Gasteiger partial charge in [0.25, 0.3) is 5.91 Å². The monoisotopic (exact) mass is 301 g/mol. The molecule has 0 aliphatic heterocycles. The zero-order chi connectivity index (χ0) is 16.1. The molecule has 1 aromatic rings. The Kier molecular flexibility index (Phi) is 5.36. The van der Waals surface area contributed by atoms with E-state index in [9.17, 15) is 9.59 Å². The lowest BCUT2D eigenvalue weighted by atomic mass is 10.00. The molecule has 0 fully saturated rings. The first-order valence-corrected chi connectivity index (χ1v) is 7.81. The number of ether oxygens (including phenoxy) is 1. The van der Waals surface area contributed by atoms with Crippen molar-refractivity contribution in [1.82, 2.24) is 0 Å². The summed E-state index contributed by atoms with van der Waals surface area (Å²) in [6, 6.07) is 7.98. The summed E-state index contributed by atoms with van der Waals surface area (Å²) in [5.74, 6) is -0.847. The van der Waals surface area contributed by atoms with E-state index in [4.69, 9.17) is 4.74 Å². The number of nitrogens with zero attached hydrogens (tertiary/aromatic N) is 1. The van der Waals surface area contributed by atoms with Gasteiger partial charge in [0.05, 0.1) is 13.0 Å². The molecule has 0 saturated carbocycles. The molecule has 0 aromatic heterocycles. The Balaban J connectivity index is 2.27. The Bertz CT molecular complexity index is 592. The van der Waals surface area contributed by atoms with Gasteiger partial charge in [-0.2, -0.15) is 0 Å². The number of rotatable bonds is 5. The first-order chi connectivity index (χ1) is 10.6. The van der Waals surface area contributed by atoms with Crippen LogP contribution in [0.3, 0.4) is 0 Å². The van der Waals surface area contributed by atoms with Crippen molar-refractivity contribution in [2.45, 2.75) is 33.1 Å². The number of anilines is 1. The lowest BCUT2D eigenvalue weighted by Crippen LogP contribution is -2.35. The zero-order valence-corrected chi connectivity index (χ0v) is 13.5. The van der Waals surface area contributed by atoms with Gasteiger partial charge in [-0.05, 0) is 43.9 Å². The normalized spacial score (nSPS) is 17.0. The van der Waals surface area contributed by atoms with E-state index in [-0.39, 0.29) is 11.9 Å². The first kappa shape index (κ1) is 16.3. The van der Waals surface area contributed by atoms with Gasteiger partial charge < -0.3 is 9.64 Å². The maximum Gasteiger partial charge on any atom is 0.313 e. The minimum Gasteiger partial charge on any atom is -0.469 e. The van der Waals surface area contributed by atoms with Gasteiger partial charge in [0, 0.05) is 17.8 Å². The van der Waals surface area contributed by atoms with E-state index < -0.39 is 5.92 Å². The van der Waals surface area contributed by atoms with Crippen molar-refractivity contribution in [3.05, 3.63) is 41.5 Å². The van der Waals surface area contributed by atoms with Crippen LogP contribution in [0.15, 0.2) is 35.9 Å². The van der Waals surface area contributed by atoms with Crippen molar-refractivity contribution in [3.63, 3.8) is 0 Å². The van der Waals surface area contributed by atoms with Crippen LogP contribution in [0.2, 0.25) is 0 Å². The number of allylic oxidation sites excluding steroid dienone is 1. The highest BCUT2D eigenvalue weighted by molar-refractivity contribution is 6.09. The number of hydrogen-bond donors (Lipinski definition) is 0. The number of likely N-dealkylation sites (N-methyl/N-ethyl adjacent to an activating group) is 1. The number of hydrogen-bond acceptors (Lipinski definition) is 3. The lowest BCUT2D eigenvalue weighted by molar-refractivity contribution is -0.144. The van der Waals surface area contributed by atoms with Crippen LogP contribution in [0.5, 0.6) is 0 Å². The third-order valence-electron chi connectivity index (χ3n) is 4.12. The average molecular weight is 301 g/mol. The molecule has 0 spiro atoms. The summed E-state index contributed by atoms with van der Waals surface area (Å²) in [6.45, 7) is 4.60. The van der Waals surface area contributed by atoms with Gasteiger partial charge in [0.1, 0.15) is 0 Å². The molecule has 1 aromatic carbocycles. The van der Waals surface area contributed by atoms with Crippen molar-refractivity contribution >= 4 is 17.6 Å². The van der Waals surface area contributed by atoms with E-state index in [2.05, 4.69) is 6.92 Å². The second-order valence-corrected chi connectivity index (χ2v) is 5.39. The van der Waals surface area contributed by atoms with Crippen LogP contribution in [0.25, 0.3) is 0 Å². The highest BCUT2D eigenvalue weighted by Crippen LogP contribution is 2.30. The van der Waals surface area contributed by atoms with Gasteiger partial charge in [0.15, 0.2) is 0 Å². The molecule has 4 nitrogen and oxygen atoms in total. The summed E-state index contributed by atoms with van der Waals surface area (Å²) < 4.78 is 4.82. The molecule has 22 heavy (non-hydrogen) atoms. The number of carbonyl (C=O) groups excluding carboxylic acids is 2. The van der Waals surface area contributed by atoms with Crippen molar-refractivity contribution < 1.29 is 14.3 Å². The van der Waals surface area contributed by atoms with E-state index in [0.29, 0.717) is 18.5 Å². The molecule has 0 heterocycles. The second kappa shape index (κ2) is 7.25. The van der Waals surface area contributed by atoms with Gasteiger partial charge in [-0.3, -0.25) is 9.59 Å². The van der Waals surface area contributed by atoms with Crippen LogP contribution in [-0.4, -0.2) is 25.5 Å². The van der Waals surface area contributed by atoms with Crippen LogP contribution in [0.4, 0.5) is 5.69 Å². The van der Waals surface area contributed by atoms with Gasteiger partial charge in [0.2, 0.25) is 0 Å². The molecule has 118 valence electrons. The molecule has 1 aliphatic carbocycles. The maximum absolute atomic E-state index is 12.9. The van der Waals surface area contributed by atoms with Crippen molar-refractivity contribution in [2.75, 3.05) is 18.6 Å². The van der Waals surface area contributed by atoms with Crippen LogP contribution in [0, 0.1) is 5.92 Å². The summed E-state index contributed by atoms with van der Waals surface area (Å²) in [6.07, 6.45) is 4.19. The zero-order valence-electron chi connectivity index (χ0n) is 13.5. The molecule has 1 unspecified atom stereocenters. The summed E-state index contributed by atoms with van der Waals surface area (Å²) in [7, 11) is 1.37. The van der Waals surface area contributed by atoms with Gasteiger partial charge >= 0.3 is 5.97 Å². The summed E-state index contributed by atoms with van der Waals surface area (Å²) in [5, 5.41) is 0. The third-order valence-corrected chi connectivity index (χ3v) is 4.12. The van der Waals surface area contributed by atoms with Crippen LogP contribution in [-0.2, 0) is 20.7 Å². The van der Waals surface area contributed by atoms with Gasteiger partial charge in [-0.1, -0.05) is 25.1 Å². The number of esters is 1. The fourth-order valence-corrected chi connectivity index (χ4v) is 2.87. The van der Waals surface area contributed by atoms with Crippen molar-refractivity contribution in [3.8, 4) is 0 Å². The molecule has 1 atom stereocenters. The number of methoxy groups -OCH3 is 1. The molecular formula is C18H23NO3. The summed E-state index contributed by atoms with van der Waals surface area (Å²) in [4.78, 5) is 26.4. The fraction of sp³-hybridized carbons (Fsp3) is 0.444. The Hall–Kier alpha value is -2.10. The summed E-state index contributed by atoms with van der Waals surface area (Å²) >= 11 is 0. The van der Waals surface area contributed by atoms with E-state index in [1.165, 1.54) is 12.7 Å². The quantitative estimate of drug-likeness (QED) is 0.785. The average Bonchev–Trinajstić information content (AvgIpc) is 3.04.